The Labute approximate surface area is 163 Å². The number of amides is 1. The number of aryl methyl sites for hydroxylation is 1. The Morgan fingerprint density at radius 1 is 1.07 bits per heavy atom. The van der Waals surface area contributed by atoms with Crippen LogP contribution in [0, 0.1) is 18.3 Å². The maximum absolute atomic E-state index is 12.0. The van der Waals surface area contributed by atoms with Gasteiger partial charge in [-0.2, -0.15) is 10.4 Å². The van der Waals surface area contributed by atoms with Crippen molar-refractivity contribution in [1.82, 2.24) is 5.43 Å². The molecule has 0 saturated heterocycles. The van der Waals surface area contributed by atoms with E-state index in [2.05, 4.69) is 16.6 Å². The third-order valence-electron chi connectivity index (χ3n) is 4.11. The van der Waals surface area contributed by atoms with Crippen molar-refractivity contribution >= 4 is 12.1 Å². The zero-order valence-electron chi connectivity index (χ0n) is 15.4. The molecule has 0 radical (unpaired) electrons. The first-order valence-corrected chi connectivity index (χ1v) is 8.76. The number of nitriles is 1. The molecule has 28 heavy (non-hydrogen) atoms. The topological polar surface area (TPSA) is 74.5 Å². The summed E-state index contributed by atoms with van der Waals surface area (Å²) in [5.41, 5.74) is 6.44. The summed E-state index contributed by atoms with van der Waals surface area (Å²) in [6, 6.07) is 24.1. The largest absolute Gasteiger partial charge is 0.489 e. The number of carbonyl (C=O) groups is 1. The second-order valence-corrected chi connectivity index (χ2v) is 6.19. The highest BCUT2D eigenvalue weighted by atomic mass is 16.5. The molecule has 0 bridgehead atoms. The Kier molecular flexibility index (Phi) is 6.17. The van der Waals surface area contributed by atoms with Gasteiger partial charge in [0, 0.05) is 11.1 Å². The van der Waals surface area contributed by atoms with Gasteiger partial charge in [-0.05, 0) is 55.0 Å². The Hall–Kier alpha value is -3.91. The molecule has 0 aliphatic heterocycles. The van der Waals surface area contributed by atoms with Crippen LogP contribution in [0.25, 0.3) is 0 Å². The van der Waals surface area contributed by atoms with E-state index >= 15 is 0 Å². The minimum atomic E-state index is -0.257. The molecule has 0 unspecified atom stereocenters. The van der Waals surface area contributed by atoms with Gasteiger partial charge in [-0.3, -0.25) is 4.79 Å². The summed E-state index contributed by atoms with van der Waals surface area (Å²) < 4.78 is 5.73. The highest BCUT2D eigenvalue weighted by Gasteiger charge is 2.03. The molecule has 1 N–H and O–H groups in total. The van der Waals surface area contributed by atoms with Crippen molar-refractivity contribution in [1.29, 1.82) is 5.26 Å². The van der Waals surface area contributed by atoms with E-state index in [-0.39, 0.29) is 5.91 Å². The van der Waals surface area contributed by atoms with Crippen LogP contribution in [0.2, 0.25) is 0 Å². The van der Waals surface area contributed by atoms with Crippen LogP contribution >= 0.6 is 0 Å². The number of rotatable bonds is 6. The lowest BCUT2D eigenvalue weighted by Gasteiger charge is -2.07. The molecular weight excluding hydrogens is 350 g/mol. The molecule has 0 saturated carbocycles. The first kappa shape index (κ1) is 18.9. The first-order valence-electron chi connectivity index (χ1n) is 8.76. The van der Waals surface area contributed by atoms with Gasteiger partial charge in [0.1, 0.15) is 12.4 Å². The van der Waals surface area contributed by atoms with E-state index in [1.54, 1.807) is 24.4 Å². The minimum Gasteiger partial charge on any atom is -0.489 e. The Balaban J connectivity index is 1.54. The molecule has 5 heteroatoms. The number of hydrogen-bond donors (Lipinski definition) is 1. The first-order chi connectivity index (χ1) is 13.7. The monoisotopic (exact) mass is 369 g/mol. The molecule has 3 aromatic carbocycles. The SMILES string of the molecule is Cc1ccc(C(=O)N/N=C\c2ccc(OCc3ccccc3C#N)cc2)cc1. The van der Waals surface area contributed by atoms with E-state index in [1.165, 1.54) is 0 Å². The lowest BCUT2D eigenvalue weighted by atomic mass is 10.1. The quantitative estimate of drug-likeness (QED) is 0.522. The molecule has 0 aromatic heterocycles. The molecule has 138 valence electrons. The van der Waals surface area contributed by atoms with Gasteiger partial charge in [-0.1, -0.05) is 35.9 Å². The van der Waals surface area contributed by atoms with Crippen LogP contribution < -0.4 is 10.2 Å². The lowest BCUT2D eigenvalue weighted by Crippen LogP contribution is -2.17. The van der Waals surface area contributed by atoms with Crippen LogP contribution in [0.15, 0.2) is 77.9 Å². The van der Waals surface area contributed by atoms with Gasteiger partial charge in [0.05, 0.1) is 17.8 Å². The fourth-order valence-electron chi connectivity index (χ4n) is 2.50. The van der Waals surface area contributed by atoms with Gasteiger partial charge in [0.25, 0.3) is 5.91 Å². The molecule has 0 fully saturated rings. The maximum Gasteiger partial charge on any atom is 0.271 e. The molecule has 3 aromatic rings. The predicted molar refractivity (Wildman–Crippen MR) is 108 cm³/mol. The molecular formula is C23H19N3O2. The van der Waals surface area contributed by atoms with E-state index in [9.17, 15) is 4.79 Å². The third-order valence-corrected chi connectivity index (χ3v) is 4.11. The van der Waals surface area contributed by atoms with E-state index in [0.717, 1.165) is 16.7 Å². The number of hydrazone groups is 1. The van der Waals surface area contributed by atoms with Crippen molar-refractivity contribution in [2.45, 2.75) is 13.5 Å². The molecule has 0 aliphatic carbocycles. The van der Waals surface area contributed by atoms with Crippen molar-refractivity contribution in [2.75, 3.05) is 0 Å². The minimum absolute atomic E-state index is 0.257. The van der Waals surface area contributed by atoms with Crippen LogP contribution in [0.4, 0.5) is 0 Å². The molecule has 0 heterocycles. The molecule has 5 nitrogen and oxygen atoms in total. The van der Waals surface area contributed by atoms with Crippen LogP contribution in [0.1, 0.15) is 32.6 Å². The number of nitrogens with zero attached hydrogens (tertiary/aromatic N) is 2. The summed E-state index contributed by atoms with van der Waals surface area (Å²) in [4.78, 5) is 12.0. The van der Waals surface area contributed by atoms with Crippen molar-refractivity contribution in [3.63, 3.8) is 0 Å². The smallest absolute Gasteiger partial charge is 0.271 e. The van der Waals surface area contributed by atoms with Gasteiger partial charge < -0.3 is 4.74 Å². The van der Waals surface area contributed by atoms with E-state index in [0.29, 0.717) is 23.5 Å². The van der Waals surface area contributed by atoms with E-state index in [1.807, 2.05) is 61.5 Å². The molecule has 0 atom stereocenters. The number of nitrogens with one attached hydrogen (secondary N) is 1. The maximum atomic E-state index is 12.0. The fourth-order valence-corrected chi connectivity index (χ4v) is 2.50. The van der Waals surface area contributed by atoms with Gasteiger partial charge in [-0.15, -0.1) is 0 Å². The highest BCUT2D eigenvalue weighted by molar-refractivity contribution is 5.94. The van der Waals surface area contributed by atoms with E-state index in [4.69, 9.17) is 10.00 Å². The Morgan fingerprint density at radius 2 is 1.79 bits per heavy atom. The number of carbonyl (C=O) groups excluding carboxylic acids is 1. The fraction of sp³-hybridized carbons (Fsp3) is 0.0870. The standard InChI is InChI=1S/C23H19N3O2/c1-17-6-10-19(11-7-17)23(27)26-25-15-18-8-12-22(13-9-18)28-16-21-5-3-2-4-20(21)14-24/h2-13,15H,16H2,1H3,(H,26,27)/b25-15-. The average Bonchev–Trinajstić information content (AvgIpc) is 2.73. The highest BCUT2D eigenvalue weighted by Crippen LogP contribution is 2.15. The summed E-state index contributed by atoms with van der Waals surface area (Å²) in [7, 11) is 0. The van der Waals surface area contributed by atoms with Crippen LogP contribution in [-0.4, -0.2) is 12.1 Å². The predicted octanol–water partition coefficient (Wildman–Crippen LogP) is 4.21. The Bertz CT molecular complexity index is 1020. The lowest BCUT2D eigenvalue weighted by molar-refractivity contribution is 0.0955. The normalized spacial score (nSPS) is 10.4. The molecule has 1 amide bonds. The van der Waals surface area contributed by atoms with Crippen LogP contribution in [0.5, 0.6) is 5.75 Å². The number of benzene rings is 3. The second kappa shape index (κ2) is 9.15. The zero-order valence-corrected chi connectivity index (χ0v) is 15.4. The molecule has 0 spiro atoms. The van der Waals surface area contributed by atoms with Crippen molar-refractivity contribution in [3.05, 3.63) is 101 Å². The van der Waals surface area contributed by atoms with Gasteiger partial charge in [0.2, 0.25) is 0 Å². The van der Waals surface area contributed by atoms with Crippen molar-refractivity contribution < 1.29 is 9.53 Å². The number of ether oxygens (including phenoxy) is 1. The van der Waals surface area contributed by atoms with Crippen LogP contribution in [0.3, 0.4) is 0 Å². The average molecular weight is 369 g/mol. The summed E-state index contributed by atoms with van der Waals surface area (Å²) in [6.07, 6.45) is 1.57. The molecule has 3 rings (SSSR count). The second-order valence-electron chi connectivity index (χ2n) is 6.19. The van der Waals surface area contributed by atoms with Crippen molar-refractivity contribution in [3.8, 4) is 11.8 Å². The van der Waals surface area contributed by atoms with Crippen LogP contribution in [-0.2, 0) is 6.61 Å². The molecule has 0 aliphatic rings. The van der Waals surface area contributed by atoms with Gasteiger partial charge in [-0.25, -0.2) is 5.43 Å². The third kappa shape index (κ3) is 5.05. The summed E-state index contributed by atoms with van der Waals surface area (Å²) in [5.74, 6) is 0.431. The number of hydrogen-bond acceptors (Lipinski definition) is 4. The summed E-state index contributed by atoms with van der Waals surface area (Å²) >= 11 is 0. The van der Waals surface area contributed by atoms with Gasteiger partial charge in [0.15, 0.2) is 0 Å². The Morgan fingerprint density at radius 3 is 2.50 bits per heavy atom. The van der Waals surface area contributed by atoms with E-state index < -0.39 is 0 Å². The van der Waals surface area contributed by atoms with Crippen molar-refractivity contribution in [2.24, 2.45) is 5.10 Å². The van der Waals surface area contributed by atoms with Gasteiger partial charge >= 0.3 is 0 Å². The summed E-state index contributed by atoms with van der Waals surface area (Å²) in [6.45, 7) is 2.29. The summed E-state index contributed by atoms with van der Waals surface area (Å²) in [5, 5.41) is 13.1. The zero-order chi connectivity index (χ0) is 19.8.